The summed E-state index contributed by atoms with van der Waals surface area (Å²) in [6, 6.07) is 0. The largest absolute Gasteiger partial charge is 0.504 e. The topological polar surface area (TPSA) is 38.1 Å². The molecule has 1 rings (SSSR count). The highest BCUT2D eigenvalue weighted by molar-refractivity contribution is 5.36. The molecule has 1 unspecified atom stereocenters. The molecule has 0 saturated heterocycles. The minimum absolute atomic E-state index is 0.278. The highest BCUT2D eigenvalue weighted by Gasteiger charge is 2.21. The number of aromatic hydroxyl groups is 1. The number of aromatic nitrogens is 2. The minimum Gasteiger partial charge on any atom is -0.504 e. The van der Waals surface area contributed by atoms with Crippen LogP contribution in [0, 0.1) is 0 Å². The number of rotatable bonds is 4. The molecule has 1 aromatic heterocycles. The van der Waals surface area contributed by atoms with Crippen LogP contribution >= 0.6 is 0 Å². The number of hydrogen-bond donors (Lipinski definition) is 1. The Hall–Kier alpha value is -0.990. The lowest BCUT2D eigenvalue weighted by Gasteiger charge is -2.10. The van der Waals surface area contributed by atoms with Gasteiger partial charge in [-0.3, -0.25) is 4.68 Å². The number of aryl methyl sites for hydroxylation is 1. The molecule has 0 aliphatic carbocycles. The van der Waals surface area contributed by atoms with Gasteiger partial charge in [0.05, 0.1) is 5.69 Å². The fourth-order valence-corrected chi connectivity index (χ4v) is 1.80. The lowest BCUT2D eigenvalue weighted by Crippen LogP contribution is -2.05. The second-order valence-electron chi connectivity index (χ2n) is 4.40. The van der Waals surface area contributed by atoms with Crippen molar-refractivity contribution in [3.63, 3.8) is 0 Å². The number of hydrogen-bond acceptors (Lipinski definition) is 2. The van der Waals surface area contributed by atoms with Crippen LogP contribution in [-0.2, 0) is 6.54 Å². The first-order chi connectivity index (χ1) is 7.02. The van der Waals surface area contributed by atoms with Gasteiger partial charge in [0.25, 0.3) is 0 Å². The third kappa shape index (κ3) is 2.16. The molecule has 0 aliphatic rings. The van der Waals surface area contributed by atoms with Crippen LogP contribution in [0.25, 0.3) is 0 Å². The maximum atomic E-state index is 10.1. The predicted octanol–water partition coefficient (Wildman–Crippen LogP) is 3.25. The van der Waals surface area contributed by atoms with Crippen molar-refractivity contribution in [2.45, 2.75) is 59.4 Å². The van der Waals surface area contributed by atoms with Crippen LogP contribution in [0.5, 0.6) is 5.75 Å². The molecule has 86 valence electrons. The quantitative estimate of drug-likeness (QED) is 0.828. The SMILES string of the molecule is CCC(C)c1c(O)c(C(C)C)nn1CC. The van der Waals surface area contributed by atoms with E-state index in [1.165, 1.54) is 0 Å². The smallest absolute Gasteiger partial charge is 0.160 e. The molecule has 0 aromatic carbocycles. The Morgan fingerprint density at radius 3 is 2.27 bits per heavy atom. The summed E-state index contributed by atoms with van der Waals surface area (Å²) in [6.45, 7) is 11.3. The lowest BCUT2D eigenvalue weighted by molar-refractivity contribution is 0.447. The summed E-state index contributed by atoms with van der Waals surface area (Å²) < 4.78 is 1.93. The van der Waals surface area contributed by atoms with Crippen molar-refractivity contribution in [3.05, 3.63) is 11.4 Å². The first-order valence-corrected chi connectivity index (χ1v) is 5.82. The molecular weight excluding hydrogens is 188 g/mol. The molecule has 0 spiro atoms. The molecule has 1 atom stereocenters. The maximum absolute atomic E-state index is 10.1. The summed E-state index contributed by atoms with van der Waals surface area (Å²) >= 11 is 0. The Kier molecular flexibility index (Phi) is 3.77. The maximum Gasteiger partial charge on any atom is 0.160 e. The van der Waals surface area contributed by atoms with Crippen LogP contribution in [0.15, 0.2) is 0 Å². The molecule has 1 N–H and O–H groups in total. The summed E-state index contributed by atoms with van der Waals surface area (Å²) in [6.07, 6.45) is 1.02. The normalized spacial score (nSPS) is 13.5. The fraction of sp³-hybridized carbons (Fsp3) is 0.750. The molecule has 0 bridgehead atoms. The Labute approximate surface area is 92.1 Å². The molecule has 0 amide bonds. The van der Waals surface area contributed by atoms with Gasteiger partial charge in [-0.25, -0.2) is 0 Å². The molecule has 15 heavy (non-hydrogen) atoms. The van der Waals surface area contributed by atoms with Gasteiger partial charge >= 0.3 is 0 Å². The predicted molar refractivity (Wildman–Crippen MR) is 62.4 cm³/mol. The molecule has 0 radical (unpaired) electrons. The number of nitrogens with zero attached hydrogens (tertiary/aromatic N) is 2. The van der Waals surface area contributed by atoms with Gasteiger partial charge in [0, 0.05) is 18.4 Å². The lowest BCUT2D eigenvalue weighted by atomic mass is 10.0. The van der Waals surface area contributed by atoms with E-state index >= 15 is 0 Å². The van der Waals surface area contributed by atoms with E-state index in [9.17, 15) is 5.11 Å². The van der Waals surface area contributed by atoms with Crippen molar-refractivity contribution in [3.8, 4) is 5.75 Å². The van der Waals surface area contributed by atoms with E-state index in [-0.39, 0.29) is 5.92 Å². The van der Waals surface area contributed by atoms with E-state index in [0.29, 0.717) is 11.7 Å². The van der Waals surface area contributed by atoms with Gasteiger partial charge in [-0.15, -0.1) is 0 Å². The van der Waals surface area contributed by atoms with Crippen molar-refractivity contribution in [2.24, 2.45) is 0 Å². The average Bonchev–Trinajstić information content (AvgIpc) is 2.54. The monoisotopic (exact) mass is 210 g/mol. The molecule has 3 nitrogen and oxygen atoms in total. The Morgan fingerprint density at radius 2 is 1.87 bits per heavy atom. The van der Waals surface area contributed by atoms with Crippen LogP contribution in [0.3, 0.4) is 0 Å². The summed E-state index contributed by atoms with van der Waals surface area (Å²) in [5.74, 6) is 1.05. The van der Waals surface area contributed by atoms with Gasteiger partial charge in [0.2, 0.25) is 0 Å². The molecule has 0 aliphatic heterocycles. The Bertz CT molecular complexity index is 329. The van der Waals surface area contributed by atoms with Crippen LogP contribution in [-0.4, -0.2) is 14.9 Å². The van der Waals surface area contributed by atoms with Crippen LogP contribution < -0.4 is 0 Å². The third-order valence-electron chi connectivity index (χ3n) is 2.92. The standard InChI is InChI=1S/C12H22N2O/c1-6-9(5)11-12(15)10(8(3)4)13-14(11)7-2/h8-9,15H,6-7H2,1-5H3. The zero-order chi connectivity index (χ0) is 11.6. The van der Waals surface area contributed by atoms with Crippen molar-refractivity contribution in [1.29, 1.82) is 0 Å². The molecule has 0 saturated carbocycles. The molecule has 1 aromatic rings. The second-order valence-corrected chi connectivity index (χ2v) is 4.40. The van der Waals surface area contributed by atoms with Gasteiger partial charge < -0.3 is 5.11 Å². The van der Waals surface area contributed by atoms with E-state index in [2.05, 4.69) is 39.7 Å². The van der Waals surface area contributed by atoms with Gasteiger partial charge in [-0.05, 0) is 13.3 Å². The van der Waals surface area contributed by atoms with Crippen molar-refractivity contribution < 1.29 is 5.11 Å². The van der Waals surface area contributed by atoms with Gasteiger partial charge in [-0.1, -0.05) is 27.7 Å². The Morgan fingerprint density at radius 1 is 1.27 bits per heavy atom. The van der Waals surface area contributed by atoms with Gasteiger partial charge in [-0.2, -0.15) is 5.10 Å². The first kappa shape index (κ1) is 12.1. The summed E-state index contributed by atoms with van der Waals surface area (Å²) in [7, 11) is 0. The summed E-state index contributed by atoms with van der Waals surface area (Å²) in [5.41, 5.74) is 1.82. The van der Waals surface area contributed by atoms with Crippen molar-refractivity contribution in [2.75, 3.05) is 0 Å². The summed E-state index contributed by atoms with van der Waals surface area (Å²) in [4.78, 5) is 0. The fourth-order valence-electron chi connectivity index (χ4n) is 1.80. The van der Waals surface area contributed by atoms with E-state index in [1.54, 1.807) is 0 Å². The van der Waals surface area contributed by atoms with E-state index in [4.69, 9.17) is 0 Å². The molecular formula is C12H22N2O. The van der Waals surface area contributed by atoms with E-state index < -0.39 is 0 Å². The molecule has 1 heterocycles. The second kappa shape index (κ2) is 4.69. The zero-order valence-electron chi connectivity index (χ0n) is 10.4. The molecule has 3 heteroatoms. The van der Waals surface area contributed by atoms with E-state index in [0.717, 1.165) is 24.4 Å². The average molecular weight is 210 g/mol. The van der Waals surface area contributed by atoms with Gasteiger partial charge in [0.1, 0.15) is 5.69 Å². The van der Waals surface area contributed by atoms with Crippen molar-refractivity contribution in [1.82, 2.24) is 9.78 Å². The minimum atomic E-state index is 0.278. The van der Waals surface area contributed by atoms with Crippen molar-refractivity contribution >= 4 is 0 Å². The highest BCUT2D eigenvalue weighted by atomic mass is 16.3. The molecule has 0 fully saturated rings. The zero-order valence-corrected chi connectivity index (χ0v) is 10.4. The van der Waals surface area contributed by atoms with Gasteiger partial charge in [0.15, 0.2) is 5.75 Å². The van der Waals surface area contributed by atoms with E-state index in [1.807, 2.05) is 4.68 Å². The van der Waals surface area contributed by atoms with Crippen LogP contribution in [0.1, 0.15) is 64.3 Å². The highest BCUT2D eigenvalue weighted by Crippen LogP contribution is 2.34. The first-order valence-electron chi connectivity index (χ1n) is 5.82. The summed E-state index contributed by atoms with van der Waals surface area (Å²) in [5, 5.41) is 14.6. The van der Waals surface area contributed by atoms with Crippen LogP contribution in [0.4, 0.5) is 0 Å². The third-order valence-corrected chi connectivity index (χ3v) is 2.92. The Balaban J connectivity index is 3.23. The van der Waals surface area contributed by atoms with Crippen LogP contribution in [0.2, 0.25) is 0 Å².